The van der Waals surface area contributed by atoms with Gasteiger partial charge in [0.2, 0.25) is 0 Å². The van der Waals surface area contributed by atoms with E-state index in [2.05, 4.69) is 0 Å². The first-order valence-electron chi connectivity index (χ1n) is 4.94. The molecular formula is C14H14O. The molecule has 0 radical (unpaired) electrons. The number of carbonyl (C=O) groups excluding carboxylic acids is 1. The number of aryl methyl sites for hydroxylation is 1. The summed E-state index contributed by atoms with van der Waals surface area (Å²) in [7, 11) is 0. The van der Waals surface area contributed by atoms with Crippen LogP contribution in [0.15, 0.2) is 54.6 Å². The van der Waals surface area contributed by atoms with Crippen molar-refractivity contribution in [3.63, 3.8) is 0 Å². The predicted molar refractivity (Wildman–Crippen MR) is 63.2 cm³/mol. The van der Waals surface area contributed by atoms with Crippen LogP contribution >= 0.6 is 0 Å². The van der Waals surface area contributed by atoms with E-state index in [0.717, 1.165) is 16.7 Å². The van der Waals surface area contributed by atoms with Crippen molar-refractivity contribution in [3.8, 4) is 0 Å². The van der Waals surface area contributed by atoms with Gasteiger partial charge in [-0.1, -0.05) is 54.1 Å². The maximum absolute atomic E-state index is 12.0. The van der Waals surface area contributed by atoms with Crippen LogP contribution in [0.25, 0.3) is 0 Å². The van der Waals surface area contributed by atoms with Crippen LogP contribution in [0.3, 0.4) is 0 Å². The Morgan fingerprint density at radius 3 is 2.27 bits per heavy atom. The van der Waals surface area contributed by atoms with Crippen molar-refractivity contribution in [2.24, 2.45) is 0 Å². The van der Waals surface area contributed by atoms with E-state index in [4.69, 9.17) is 0 Å². The molecule has 0 fully saturated rings. The fraction of sp³-hybridized carbons (Fsp3) is 0.0714. The van der Waals surface area contributed by atoms with Gasteiger partial charge in [-0.05, 0) is 13.0 Å². The summed E-state index contributed by atoms with van der Waals surface area (Å²) in [6, 6.07) is 17.0. The minimum Gasteiger partial charge on any atom is -0.289 e. The molecule has 0 heterocycles. The van der Waals surface area contributed by atoms with E-state index >= 15 is 0 Å². The number of hydrogen-bond donors (Lipinski definition) is 0. The Balaban J connectivity index is 0.00000128. The van der Waals surface area contributed by atoms with Gasteiger partial charge < -0.3 is 0 Å². The average Bonchev–Trinajstić information content (AvgIpc) is 2.29. The van der Waals surface area contributed by atoms with E-state index < -0.39 is 0 Å². The van der Waals surface area contributed by atoms with E-state index in [1.807, 2.05) is 61.5 Å². The molecule has 0 aliphatic heterocycles. The Labute approximate surface area is 90.9 Å². The zero-order valence-corrected chi connectivity index (χ0v) is 8.60. The third kappa shape index (κ3) is 2.13. The lowest BCUT2D eigenvalue weighted by Crippen LogP contribution is -2.00. The zero-order valence-electron chi connectivity index (χ0n) is 8.60. The van der Waals surface area contributed by atoms with Gasteiger partial charge in [0.25, 0.3) is 0 Å². The maximum atomic E-state index is 12.0. The van der Waals surface area contributed by atoms with Crippen molar-refractivity contribution < 1.29 is 6.22 Å². The van der Waals surface area contributed by atoms with Crippen molar-refractivity contribution in [2.45, 2.75) is 6.92 Å². The van der Waals surface area contributed by atoms with Gasteiger partial charge >= 0.3 is 0 Å². The van der Waals surface area contributed by atoms with Crippen molar-refractivity contribution >= 4 is 5.78 Å². The van der Waals surface area contributed by atoms with Gasteiger partial charge in [0.1, 0.15) is 0 Å². The molecule has 0 saturated carbocycles. The lowest BCUT2D eigenvalue weighted by molar-refractivity contribution is 0.103. The van der Waals surface area contributed by atoms with E-state index in [1.165, 1.54) is 0 Å². The Hall–Kier alpha value is -1.89. The van der Waals surface area contributed by atoms with E-state index in [9.17, 15) is 4.79 Å². The van der Waals surface area contributed by atoms with Crippen LogP contribution in [-0.2, 0) is 0 Å². The summed E-state index contributed by atoms with van der Waals surface area (Å²) in [6.07, 6.45) is 0. The highest BCUT2D eigenvalue weighted by Crippen LogP contribution is 2.10. The largest absolute Gasteiger partial charge is 0.289 e. The number of ketones is 1. The minimum absolute atomic E-state index is 0. The number of hydrogen-bond acceptors (Lipinski definition) is 1. The third-order valence-corrected chi connectivity index (χ3v) is 2.32. The summed E-state index contributed by atoms with van der Waals surface area (Å²) in [5.41, 5.74) is 2.60. The summed E-state index contributed by atoms with van der Waals surface area (Å²) < 4.78 is 0. The molecule has 0 aromatic heterocycles. The first kappa shape index (κ1) is 9.66. The van der Waals surface area contributed by atoms with E-state index in [-0.39, 0.29) is 7.21 Å². The Morgan fingerprint density at radius 2 is 1.60 bits per heavy atom. The quantitative estimate of drug-likeness (QED) is 0.675. The van der Waals surface area contributed by atoms with Crippen molar-refractivity contribution in [1.82, 2.24) is 0 Å². The van der Waals surface area contributed by atoms with Crippen molar-refractivity contribution in [2.75, 3.05) is 0 Å². The molecule has 0 aliphatic rings. The lowest BCUT2D eigenvalue weighted by Gasteiger charge is -2.01. The molecule has 0 amide bonds. The second-order valence-electron chi connectivity index (χ2n) is 3.56. The summed E-state index contributed by atoms with van der Waals surface area (Å²) in [6.45, 7) is 1.99. The molecule has 1 heteroatoms. The van der Waals surface area contributed by atoms with Gasteiger partial charge in [-0.2, -0.15) is 0 Å². The molecule has 0 saturated heterocycles. The molecule has 76 valence electrons. The lowest BCUT2D eigenvalue weighted by atomic mass is 10.0. The minimum atomic E-state index is 0. The van der Waals surface area contributed by atoms with Crippen LogP contribution in [0.2, 0.25) is 0 Å². The number of carbonyl (C=O) groups is 1. The van der Waals surface area contributed by atoms with Crippen LogP contribution < -0.4 is 0 Å². The normalized spacial score (nSPS) is 9.93. The summed E-state index contributed by atoms with van der Waals surface area (Å²) in [5, 5.41) is 0. The predicted octanol–water partition coefficient (Wildman–Crippen LogP) is 3.47. The Morgan fingerprint density at radius 1 is 0.933 bits per heavy atom. The second kappa shape index (κ2) is 4.09. The molecular weight excluding hydrogens is 184 g/mol. The topological polar surface area (TPSA) is 17.1 Å². The molecule has 0 spiro atoms. The van der Waals surface area contributed by atoms with Gasteiger partial charge in [0.05, 0.1) is 0 Å². The summed E-state index contributed by atoms with van der Waals surface area (Å²) in [5.74, 6) is 0.0827. The zero-order chi connectivity index (χ0) is 10.7. The highest BCUT2D eigenvalue weighted by atomic mass is 16.1. The molecule has 0 bridgehead atoms. The first-order chi connectivity index (χ1) is 7.27. The molecule has 0 N–H and O–H groups in total. The van der Waals surface area contributed by atoms with Crippen LogP contribution in [0.4, 0.5) is 0 Å². The smallest absolute Gasteiger partial charge is 0.193 e. The van der Waals surface area contributed by atoms with Crippen LogP contribution in [0.5, 0.6) is 0 Å². The molecule has 0 unspecified atom stereocenters. The standard InChI is InChI=1S/C14H12O.H2/c1-11-6-5-9-13(10-11)14(15)12-7-3-2-4-8-12;/h2-10H,1H3;1H. The molecule has 2 aromatic carbocycles. The number of benzene rings is 2. The van der Waals surface area contributed by atoms with Gasteiger partial charge in [-0.3, -0.25) is 4.79 Å². The highest BCUT2D eigenvalue weighted by molar-refractivity contribution is 6.09. The Kier molecular flexibility index (Phi) is 2.64. The summed E-state index contributed by atoms with van der Waals surface area (Å²) in [4.78, 5) is 12.0. The molecule has 2 rings (SSSR count). The van der Waals surface area contributed by atoms with E-state index in [1.54, 1.807) is 0 Å². The fourth-order valence-electron chi connectivity index (χ4n) is 1.54. The monoisotopic (exact) mass is 198 g/mol. The van der Waals surface area contributed by atoms with Gasteiger partial charge in [0.15, 0.2) is 5.78 Å². The van der Waals surface area contributed by atoms with Gasteiger partial charge in [-0.15, -0.1) is 0 Å². The molecule has 0 aliphatic carbocycles. The highest BCUT2D eigenvalue weighted by Gasteiger charge is 2.07. The van der Waals surface area contributed by atoms with Gasteiger partial charge in [-0.25, -0.2) is 0 Å². The Bertz CT molecular complexity index is 477. The van der Waals surface area contributed by atoms with Gasteiger partial charge in [0, 0.05) is 12.6 Å². The van der Waals surface area contributed by atoms with Crippen LogP contribution in [0.1, 0.15) is 22.9 Å². The first-order valence-corrected chi connectivity index (χ1v) is 4.94. The number of rotatable bonds is 2. The van der Waals surface area contributed by atoms with Crippen LogP contribution in [0, 0.1) is 6.92 Å². The molecule has 0 atom stereocenters. The maximum Gasteiger partial charge on any atom is 0.193 e. The molecule has 1 nitrogen and oxygen atoms in total. The van der Waals surface area contributed by atoms with Crippen molar-refractivity contribution in [1.29, 1.82) is 0 Å². The van der Waals surface area contributed by atoms with E-state index in [0.29, 0.717) is 0 Å². The SMILES string of the molecule is Cc1cccc(C(=O)c2ccccc2)c1.[HH]. The second-order valence-corrected chi connectivity index (χ2v) is 3.56. The fourth-order valence-corrected chi connectivity index (χ4v) is 1.54. The van der Waals surface area contributed by atoms with Crippen molar-refractivity contribution in [3.05, 3.63) is 71.3 Å². The average molecular weight is 198 g/mol. The molecule has 15 heavy (non-hydrogen) atoms. The van der Waals surface area contributed by atoms with Crippen LogP contribution in [-0.4, -0.2) is 5.78 Å². The summed E-state index contributed by atoms with van der Waals surface area (Å²) >= 11 is 0. The third-order valence-electron chi connectivity index (χ3n) is 2.32. The molecule has 2 aromatic rings.